The van der Waals surface area contributed by atoms with Crippen LogP contribution in [-0.4, -0.2) is 24.9 Å². The third-order valence-electron chi connectivity index (χ3n) is 2.35. The van der Waals surface area contributed by atoms with Gasteiger partial charge in [0.2, 0.25) is 0 Å². The highest BCUT2D eigenvalue weighted by molar-refractivity contribution is 4.88. The van der Waals surface area contributed by atoms with Gasteiger partial charge in [-0.1, -0.05) is 51.2 Å². The lowest BCUT2D eigenvalue weighted by Crippen LogP contribution is -2.06. The van der Waals surface area contributed by atoms with Crippen molar-refractivity contribution < 1.29 is 9.84 Å². The normalized spacial score (nSPS) is 13.6. The number of methoxy groups -OCH3 is 1. The van der Waals surface area contributed by atoms with Gasteiger partial charge < -0.3 is 9.84 Å². The zero-order valence-corrected chi connectivity index (χ0v) is 9.54. The minimum Gasteiger partial charge on any atom is -0.392 e. The van der Waals surface area contributed by atoms with E-state index < -0.39 is 0 Å². The maximum atomic E-state index is 8.61. The van der Waals surface area contributed by atoms with Gasteiger partial charge in [-0.05, 0) is 6.42 Å². The third-order valence-corrected chi connectivity index (χ3v) is 2.35. The van der Waals surface area contributed by atoms with Crippen LogP contribution in [0.5, 0.6) is 0 Å². The smallest absolute Gasteiger partial charge is 0.0752 e. The highest BCUT2D eigenvalue weighted by atomic mass is 16.5. The van der Waals surface area contributed by atoms with Crippen molar-refractivity contribution >= 4 is 0 Å². The Labute approximate surface area is 88.0 Å². The number of hydrogen-bond acceptors (Lipinski definition) is 2. The van der Waals surface area contributed by atoms with Gasteiger partial charge in [0.15, 0.2) is 0 Å². The predicted molar refractivity (Wildman–Crippen MR) is 60.4 cm³/mol. The fourth-order valence-electron chi connectivity index (χ4n) is 1.45. The van der Waals surface area contributed by atoms with Crippen LogP contribution in [0.3, 0.4) is 0 Å². The van der Waals surface area contributed by atoms with Crippen molar-refractivity contribution in [3.8, 4) is 0 Å². The van der Waals surface area contributed by atoms with Gasteiger partial charge in [-0.3, -0.25) is 0 Å². The van der Waals surface area contributed by atoms with Gasteiger partial charge in [0.05, 0.1) is 12.7 Å². The molecule has 0 aliphatic heterocycles. The molecule has 0 aliphatic rings. The molecular weight excluding hydrogens is 176 g/mol. The Morgan fingerprint density at radius 1 is 1.21 bits per heavy atom. The molecule has 0 aromatic carbocycles. The summed E-state index contributed by atoms with van der Waals surface area (Å²) in [7, 11) is 1.72. The van der Waals surface area contributed by atoms with Crippen LogP contribution in [0.4, 0.5) is 0 Å². The maximum absolute atomic E-state index is 8.61. The van der Waals surface area contributed by atoms with E-state index in [1.165, 1.54) is 32.1 Å². The zero-order valence-electron chi connectivity index (χ0n) is 9.54. The molecule has 84 valence electrons. The Bertz CT molecular complexity index is 132. The highest BCUT2D eigenvalue weighted by Gasteiger charge is 2.01. The van der Waals surface area contributed by atoms with Crippen molar-refractivity contribution in [2.24, 2.45) is 0 Å². The van der Waals surface area contributed by atoms with Crippen LogP contribution in [0.25, 0.3) is 0 Å². The van der Waals surface area contributed by atoms with Crippen molar-refractivity contribution in [3.63, 3.8) is 0 Å². The number of aliphatic hydroxyl groups is 1. The van der Waals surface area contributed by atoms with Gasteiger partial charge in [-0.2, -0.15) is 0 Å². The summed E-state index contributed by atoms with van der Waals surface area (Å²) in [5.74, 6) is 0. The van der Waals surface area contributed by atoms with E-state index in [2.05, 4.69) is 6.92 Å². The Hall–Kier alpha value is -0.340. The lowest BCUT2D eigenvalue weighted by atomic mass is 10.1. The lowest BCUT2D eigenvalue weighted by Gasteiger charge is -2.10. The summed E-state index contributed by atoms with van der Waals surface area (Å²) >= 11 is 0. The molecular formula is C12H24O2. The van der Waals surface area contributed by atoms with Crippen molar-refractivity contribution in [1.29, 1.82) is 0 Å². The van der Waals surface area contributed by atoms with E-state index >= 15 is 0 Å². The van der Waals surface area contributed by atoms with E-state index in [0.29, 0.717) is 0 Å². The molecule has 1 atom stereocenters. The van der Waals surface area contributed by atoms with Gasteiger partial charge in [-0.15, -0.1) is 0 Å². The standard InChI is InChI=1S/C12H24O2/c1-3-4-5-6-7-9-12(14-2)10-8-11-13/h8,10,12-13H,3-7,9,11H2,1-2H3/b10-8-/t12-/m0/s1. The molecule has 0 aromatic heterocycles. The molecule has 0 rings (SSSR count). The second kappa shape index (κ2) is 10.7. The summed E-state index contributed by atoms with van der Waals surface area (Å²) in [5, 5.41) is 8.61. The first-order chi connectivity index (χ1) is 6.85. The minimum atomic E-state index is 0.107. The first kappa shape index (κ1) is 13.7. The fourth-order valence-corrected chi connectivity index (χ4v) is 1.45. The summed E-state index contributed by atoms with van der Waals surface area (Å²) in [6, 6.07) is 0. The molecule has 0 fully saturated rings. The number of rotatable bonds is 9. The number of ether oxygens (including phenoxy) is 1. The maximum Gasteiger partial charge on any atom is 0.0752 e. The van der Waals surface area contributed by atoms with Crippen LogP contribution in [0, 0.1) is 0 Å². The van der Waals surface area contributed by atoms with Crippen LogP contribution < -0.4 is 0 Å². The van der Waals surface area contributed by atoms with Gasteiger partial charge in [0.1, 0.15) is 0 Å². The topological polar surface area (TPSA) is 29.5 Å². The molecule has 0 bridgehead atoms. The Kier molecular flexibility index (Phi) is 10.5. The van der Waals surface area contributed by atoms with Crippen molar-refractivity contribution in [1.82, 2.24) is 0 Å². The summed E-state index contributed by atoms with van der Waals surface area (Å²) in [5.41, 5.74) is 0. The van der Waals surface area contributed by atoms with E-state index in [4.69, 9.17) is 9.84 Å². The number of unbranched alkanes of at least 4 members (excludes halogenated alkanes) is 4. The van der Waals surface area contributed by atoms with E-state index in [0.717, 1.165) is 6.42 Å². The Morgan fingerprint density at radius 2 is 1.93 bits per heavy atom. The van der Waals surface area contributed by atoms with Crippen LogP contribution in [0.2, 0.25) is 0 Å². The second-order valence-electron chi connectivity index (χ2n) is 3.59. The molecule has 0 aromatic rings. The minimum absolute atomic E-state index is 0.107. The molecule has 0 saturated heterocycles. The van der Waals surface area contributed by atoms with E-state index in [9.17, 15) is 0 Å². The Balaban J connectivity index is 3.38. The van der Waals surface area contributed by atoms with E-state index in [-0.39, 0.29) is 12.7 Å². The largest absolute Gasteiger partial charge is 0.392 e. The molecule has 0 saturated carbocycles. The van der Waals surface area contributed by atoms with Gasteiger partial charge in [0, 0.05) is 7.11 Å². The summed E-state index contributed by atoms with van der Waals surface area (Å²) < 4.78 is 5.26. The Morgan fingerprint density at radius 3 is 2.50 bits per heavy atom. The van der Waals surface area contributed by atoms with Gasteiger partial charge >= 0.3 is 0 Å². The molecule has 0 amide bonds. The van der Waals surface area contributed by atoms with Crippen molar-refractivity contribution in [2.45, 2.75) is 51.6 Å². The predicted octanol–water partition coefficient (Wildman–Crippen LogP) is 2.91. The summed E-state index contributed by atoms with van der Waals surface area (Å²) in [4.78, 5) is 0. The monoisotopic (exact) mass is 200 g/mol. The van der Waals surface area contributed by atoms with Gasteiger partial charge in [-0.25, -0.2) is 0 Å². The van der Waals surface area contributed by atoms with Crippen LogP contribution in [-0.2, 0) is 4.74 Å². The molecule has 0 spiro atoms. The van der Waals surface area contributed by atoms with E-state index in [1.807, 2.05) is 6.08 Å². The van der Waals surface area contributed by atoms with Crippen LogP contribution >= 0.6 is 0 Å². The van der Waals surface area contributed by atoms with Crippen molar-refractivity contribution in [2.75, 3.05) is 13.7 Å². The first-order valence-corrected chi connectivity index (χ1v) is 5.65. The first-order valence-electron chi connectivity index (χ1n) is 5.65. The SMILES string of the molecule is CCCCCCC[C@@H](/C=C\CO)OC. The lowest BCUT2D eigenvalue weighted by molar-refractivity contribution is 0.130. The molecule has 0 heterocycles. The average Bonchev–Trinajstić information content (AvgIpc) is 2.22. The molecule has 1 N–H and O–H groups in total. The molecule has 0 unspecified atom stereocenters. The quantitative estimate of drug-likeness (QED) is 0.458. The molecule has 2 heteroatoms. The highest BCUT2D eigenvalue weighted by Crippen LogP contribution is 2.09. The fraction of sp³-hybridized carbons (Fsp3) is 0.833. The van der Waals surface area contributed by atoms with E-state index in [1.54, 1.807) is 13.2 Å². The molecule has 0 aliphatic carbocycles. The zero-order chi connectivity index (χ0) is 10.6. The van der Waals surface area contributed by atoms with Crippen molar-refractivity contribution in [3.05, 3.63) is 12.2 Å². The van der Waals surface area contributed by atoms with Crippen LogP contribution in [0.15, 0.2) is 12.2 Å². The van der Waals surface area contributed by atoms with Crippen LogP contribution in [0.1, 0.15) is 45.4 Å². The molecule has 2 nitrogen and oxygen atoms in total. The molecule has 0 radical (unpaired) electrons. The second-order valence-corrected chi connectivity index (χ2v) is 3.59. The molecule has 14 heavy (non-hydrogen) atoms. The van der Waals surface area contributed by atoms with Gasteiger partial charge in [0.25, 0.3) is 0 Å². The summed E-state index contributed by atoms with van der Waals surface area (Å²) in [6.45, 7) is 2.33. The average molecular weight is 200 g/mol. The summed E-state index contributed by atoms with van der Waals surface area (Å²) in [6.07, 6.45) is 11.4. The number of aliphatic hydroxyl groups excluding tert-OH is 1. The third kappa shape index (κ3) is 8.27. The number of hydrogen-bond donors (Lipinski definition) is 1.